The van der Waals surface area contributed by atoms with Crippen molar-refractivity contribution in [1.29, 1.82) is 0 Å². The van der Waals surface area contributed by atoms with E-state index in [0.29, 0.717) is 0 Å². The van der Waals surface area contributed by atoms with Crippen molar-refractivity contribution in [2.75, 3.05) is 18.4 Å². The fourth-order valence-electron chi connectivity index (χ4n) is 4.64. The summed E-state index contributed by atoms with van der Waals surface area (Å²) in [6.07, 6.45) is -7.40. The summed E-state index contributed by atoms with van der Waals surface area (Å²) in [4.78, 5) is 78.7. The molecule has 6 N–H and O–H groups in total. The first-order valence-electron chi connectivity index (χ1n) is 17.8. The van der Waals surface area contributed by atoms with Crippen molar-refractivity contribution in [2.24, 2.45) is 0 Å². The van der Waals surface area contributed by atoms with Gasteiger partial charge in [0.15, 0.2) is 0 Å². The second kappa shape index (κ2) is 19.9. The van der Waals surface area contributed by atoms with Gasteiger partial charge in [-0.25, -0.2) is 14.4 Å². The molecule has 0 aromatic heterocycles. The van der Waals surface area contributed by atoms with Crippen molar-refractivity contribution in [1.82, 2.24) is 26.6 Å². The van der Waals surface area contributed by atoms with E-state index in [1.807, 2.05) is 0 Å². The number of amides is 6. The predicted octanol–water partition coefficient (Wildman–Crippen LogP) is 5.19. The number of ether oxygens (including phenoxy) is 3. The topological polar surface area (TPSA) is 202 Å². The number of hydrogen-bond donors (Lipinski definition) is 6. The van der Waals surface area contributed by atoms with Crippen LogP contribution in [-0.4, -0.2) is 84.0 Å². The fourth-order valence-corrected chi connectivity index (χ4v) is 4.64. The van der Waals surface area contributed by atoms with Gasteiger partial charge in [0.1, 0.15) is 34.9 Å². The van der Waals surface area contributed by atoms with Crippen molar-refractivity contribution in [3.8, 4) is 0 Å². The van der Waals surface area contributed by atoms with E-state index in [9.17, 15) is 41.9 Å². The molecule has 0 bridgehead atoms. The molecule has 2 aromatic carbocycles. The zero-order valence-electron chi connectivity index (χ0n) is 33.1. The molecule has 0 saturated carbocycles. The molecule has 310 valence electrons. The summed E-state index contributed by atoms with van der Waals surface area (Å²) in [5.74, 6) is -2.75. The van der Waals surface area contributed by atoms with Crippen molar-refractivity contribution in [2.45, 2.75) is 116 Å². The smallest absolute Gasteiger partial charge is 0.416 e. The lowest BCUT2D eigenvalue weighted by Crippen LogP contribution is -2.59. The molecule has 3 atom stereocenters. The lowest BCUT2D eigenvalue weighted by atomic mass is 10.0. The van der Waals surface area contributed by atoms with Crippen LogP contribution in [0, 0.1) is 0 Å². The Hall–Kier alpha value is -5.55. The first-order chi connectivity index (χ1) is 25.7. The Morgan fingerprint density at radius 3 is 1.59 bits per heavy atom. The molecule has 0 aliphatic heterocycles. The van der Waals surface area contributed by atoms with Crippen LogP contribution in [0.15, 0.2) is 54.6 Å². The number of nitrogens with one attached hydrogen (secondary N) is 6. The van der Waals surface area contributed by atoms with Gasteiger partial charge in [0, 0.05) is 12.2 Å². The van der Waals surface area contributed by atoms with Gasteiger partial charge >= 0.3 is 24.5 Å². The first kappa shape index (κ1) is 46.6. The maximum absolute atomic E-state index is 13.8. The number of carbonyl (C=O) groups is 6. The standard InChI is InChI=1S/C38H53F3N6O9/c1-35(2,3)54-32(51)43-22-27(46-33(52)55-36(4,5)6)29(48)42-21-28(47-34(53)56-37(7,8)9)31(50)45-26(19-18-23-14-11-10-12-15-23)30(49)44-25-17-13-16-24(20-25)38(39,40)41/h10-17,20,26-28H,18-19,21-22H2,1-9H3,(H,42,48)(H,43,51)(H,44,49)(H,45,50)(H,46,52)(H,47,53)/t26-,27-,28-/m0/s1. The van der Waals surface area contributed by atoms with Crippen molar-refractivity contribution < 1.29 is 56.1 Å². The Kier molecular flexibility index (Phi) is 16.5. The number of hydrogen-bond acceptors (Lipinski definition) is 9. The summed E-state index contributed by atoms with van der Waals surface area (Å²) in [6.45, 7) is 13.3. The van der Waals surface area contributed by atoms with Gasteiger partial charge in [0.2, 0.25) is 17.7 Å². The summed E-state index contributed by atoms with van der Waals surface area (Å²) >= 11 is 0. The van der Waals surface area contributed by atoms with Gasteiger partial charge in [0.25, 0.3) is 0 Å². The van der Waals surface area contributed by atoms with E-state index >= 15 is 0 Å². The maximum Gasteiger partial charge on any atom is 0.416 e. The molecule has 0 aliphatic rings. The SMILES string of the molecule is CC(C)(C)OC(=O)NC[C@H](NC(=O)OC(C)(C)C)C(=O)NC[C@H](NC(=O)OC(C)(C)C)C(=O)N[C@@H](CCc1ccccc1)C(=O)Nc1cccc(C(F)(F)F)c1. The van der Waals surface area contributed by atoms with Gasteiger partial charge in [-0.15, -0.1) is 0 Å². The number of benzene rings is 2. The van der Waals surface area contributed by atoms with E-state index in [4.69, 9.17) is 14.2 Å². The highest BCUT2D eigenvalue weighted by Gasteiger charge is 2.33. The monoisotopic (exact) mass is 794 g/mol. The number of anilines is 1. The summed E-state index contributed by atoms with van der Waals surface area (Å²) in [6, 6.07) is 8.42. The summed E-state index contributed by atoms with van der Waals surface area (Å²) in [5, 5.41) is 14.5. The van der Waals surface area contributed by atoms with Crippen LogP contribution in [0.3, 0.4) is 0 Å². The zero-order valence-corrected chi connectivity index (χ0v) is 33.1. The predicted molar refractivity (Wildman–Crippen MR) is 200 cm³/mol. The van der Waals surface area contributed by atoms with Gasteiger partial charge in [-0.3, -0.25) is 14.4 Å². The Labute approximate surface area is 324 Å². The molecule has 0 heterocycles. The lowest BCUT2D eigenvalue weighted by molar-refractivity contribution is -0.137. The van der Waals surface area contributed by atoms with Crippen LogP contribution < -0.4 is 31.9 Å². The number of aryl methyl sites for hydroxylation is 1. The fraction of sp³-hybridized carbons (Fsp3) is 0.526. The maximum atomic E-state index is 13.8. The number of alkyl halides is 3. The second-order valence-corrected chi connectivity index (χ2v) is 15.7. The molecule has 2 rings (SSSR count). The molecule has 2 aromatic rings. The number of carbonyl (C=O) groups excluding carboxylic acids is 6. The highest BCUT2D eigenvalue weighted by molar-refractivity contribution is 5.98. The van der Waals surface area contributed by atoms with Gasteiger partial charge in [-0.2, -0.15) is 13.2 Å². The van der Waals surface area contributed by atoms with Crippen LogP contribution in [0.1, 0.15) is 79.9 Å². The summed E-state index contributed by atoms with van der Waals surface area (Å²) in [5.41, 5.74) is -3.22. The minimum atomic E-state index is -4.68. The number of halogens is 3. The largest absolute Gasteiger partial charge is 0.444 e. The highest BCUT2D eigenvalue weighted by Crippen LogP contribution is 2.30. The van der Waals surface area contributed by atoms with E-state index in [1.54, 1.807) is 92.6 Å². The van der Waals surface area contributed by atoms with E-state index < -0.39 is 95.8 Å². The van der Waals surface area contributed by atoms with Crippen molar-refractivity contribution in [3.63, 3.8) is 0 Å². The quantitative estimate of drug-likeness (QED) is 0.139. The van der Waals surface area contributed by atoms with Crippen LogP contribution in [0.2, 0.25) is 0 Å². The molecular formula is C38H53F3N6O9. The molecule has 0 radical (unpaired) electrons. The highest BCUT2D eigenvalue weighted by atomic mass is 19.4. The molecular weight excluding hydrogens is 741 g/mol. The molecule has 15 nitrogen and oxygen atoms in total. The van der Waals surface area contributed by atoms with Gasteiger partial charge < -0.3 is 46.1 Å². The van der Waals surface area contributed by atoms with E-state index in [-0.39, 0.29) is 18.5 Å². The van der Waals surface area contributed by atoms with Crippen LogP contribution in [-0.2, 0) is 41.2 Å². The molecule has 18 heteroatoms. The zero-order chi connectivity index (χ0) is 42.5. The number of rotatable bonds is 14. The third-order valence-electron chi connectivity index (χ3n) is 7.00. The van der Waals surface area contributed by atoms with Crippen LogP contribution in [0.5, 0.6) is 0 Å². The van der Waals surface area contributed by atoms with E-state index in [2.05, 4.69) is 31.9 Å². The molecule has 6 amide bonds. The Bertz CT molecular complexity index is 1670. The first-order valence-corrected chi connectivity index (χ1v) is 17.8. The van der Waals surface area contributed by atoms with Crippen LogP contribution in [0.25, 0.3) is 0 Å². The average molecular weight is 795 g/mol. The van der Waals surface area contributed by atoms with Crippen LogP contribution >= 0.6 is 0 Å². The van der Waals surface area contributed by atoms with E-state index in [0.717, 1.165) is 23.8 Å². The third kappa shape index (κ3) is 18.7. The van der Waals surface area contributed by atoms with Gasteiger partial charge in [-0.1, -0.05) is 36.4 Å². The molecule has 0 aliphatic carbocycles. The lowest BCUT2D eigenvalue weighted by Gasteiger charge is -2.27. The van der Waals surface area contributed by atoms with Gasteiger partial charge in [-0.05, 0) is 98.9 Å². The molecule has 0 unspecified atom stereocenters. The normalized spacial score (nSPS) is 13.5. The molecule has 0 fully saturated rings. The van der Waals surface area contributed by atoms with E-state index in [1.165, 1.54) is 6.07 Å². The minimum Gasteiger partial charge on any atom is -0.444 e. The summed E-state index contributed by atoms with van der Waals surface area (Å²) in [7, 11) is 0. The Balaban J connectivity index is 2.37. The Morgan fingerprint density at radius 2 is 1.07 bits per heavy atom. The number of alkyl carbamates (subject to hydrolysis) is 3. The van der Waals surface area contributed by atoms with Crippen LogP contribution in [0.4, 0.5) is 33.2 Å². The molecule has 0 spiro atoms. The Morgan fingerprint density at radius 1 is 0.571 bits per heavy atom. The third-order valence-corrected chi connectivity index (χ3v) is 7.00. The molecule has 0 saturated heterocycles. The van der Waals surface area contributed by atoms with Crippen molar-refractivity contribution in [3.05, 3.63) is 65.7 Å². The second-order valence-electron chi connectivity index (χ2n) is 15.7. The minimum absolute atomic E-state index is 0.0235. The summed E-state index contributed by atoms with van der Waals surface area (Å²) < 4.78 is 55.9. The average Bonchev–Trinajstić information content (AvgIpc) is 3.04. The molecule has 56 heavy (non-hydrogen) atoms. The van der Waals surface area contributed by atoms with Gasteiger partial charge in [0.05, 0.1) is 12.1 Å². The van der Waals surface area contributed by atoms with Crippen molar-refractivity contribution >= 4 is 41.7 Å².